The number of halogens is 1. The largest absolute Gasteiger partial charge is 0.388 e. The lowest BCUT2D eigenvalue weighted by atomic mass is 9.78. The number of para-hydroxylation sites is 1. The van der Waals surface area contributed by atoms with Crippen molar-refractivity contribution in [2.75, 3.05) is 4.90 Å². The molecule has 1 unspecified atom stereocenters. The predicted octanol–water partition coefficient (Wildman–Crippen LogP) is 6.23. The zero-order valence-corrected chi connectivity index (χ0v) is 21.1. The number of anilines is 1. The van der Waals surface area contributed by atoms with E-state index in [4.69, 9.17) is 8.74 Å². The maximum Gasteiger partial charge on any atom is 0.357 e. The van der Waals surface area contributed by atoms with Crippen molar-refractivity contribution >= 4 is 23.0 Å². The molecule has 0 saturated carbocycles. The van der Waals surface area contributed by atoms with Gasteiger partial charge in [-0.1, -0.05) is 66.7 Å². The first-order valence-corrected chi connectivity index (χ1v) is 13.2. The molecular weight excluding hydrogens is 505 g/mol. The lowest BCUT2D eigenvalue weighted by molar-refractivity contribution is -0.131. The van der Waals surface area contributed by atoms with Gasteiger partial charge in [-0.3, -0.25) is 9.35 Å². The Hall–Kier alpha value is -3.85. The smallest absolute Gasteiger partial charge is 0.357 e. The minimum atomic E-state index is -2.41. The van der Waals surface area contributed by atoms with Crippen molar-refractivity contribution in [2.45, 2.75) is 25.0 Å². The minimum Gasteiger partial charge on any atom is -0.388 e. The van der Waals surface area contributed by atoms with Gasteiger partial charge in [-0.15, -0.1) is 0 Å². The van der Waals surface area contributed by atoms with Gasteiger partial charge in [0, 0.05) is 5.69 Å². The van der Waals surface area contributed by atoms with Crippen LogP contribution in [-0.4, -0.2) is 19.8 Å². The Kier molecular flexibility index (Phi) is 7.64. The van der Waals surface area contributed by atoms with Crippen LogP contribution in [0.5, 0.6) is 5.75 Å². The molecule has 1 fully saturated rings. The Labute approximate surface area is 222 Å². The van der Waals surface area contributed by atoms with Crippen LogP contribution < -0.4 is 9.08 Å². The molecule has 4 atom stereocenters. The topological polar surface area (TPSA) is 87.1 Å². The van der Waals surface area contributed by atoms with Crippen LogP contribution in [0, 0.1) is 11.7 Å². The van der Waals surface area contributed by atoms with Crippen LogP contribution in [0.25, 0.3) is 11.1 Å². The number of nitrogens with zero attached hydrogens (tertiary/aromatic N) is 1. The second-order valence-electron chi connectivity index (χ2n) is 9.19. The van der Waals surface area contributed by atoms with E-state index in [0.29, 0.717) is 18.4 Å². The summed E-state index contributed by atoms with van der Waals surface area (Å²) in [5.41, 5.74) is 4.10. The molecule has 0 spiro atoms. The molecule has 4 aromatic carbocycles. The lowest BCUT2D eigenvalue weighted by Gasteiger charge is -2.48. The third kappa shape index (κ3) is 5.52. The minimum absolute atomic E-state index is 0.00145. The molecule has 6 nitrogen and oxygen atoms in total. The van der Waals surface area contributed by atoms with Crippen LogP contribution in [0.3, 0.4) is 0 Å². The van der Waals surface area contributed by atoms with Crippen LogP contribution >= 0.6 is 0 Å². The van der Waals surface area contributed by atoms with E-state index in [1.165, 1.54) is 12.1 Å². The van der Waals surface area contributed by atoms with Gasteiger partial charge < -0.3 is 14.2 Å². The number of benzene rings is 4. The number of β-lactam (4-membered cyclic amide) rings is 1. The Morgan fingerprint density at radius 3 is 2.29 bits per heavy atom. The normalized spacial score (nSPS) is 18.5. The summed E-state index contributed by atoms with van der Waals surface area (Å²) in [5, 5.41) is 10.7. The van der Waals surface area contributed by atoms with Crippen molar-refractivity contribution in [2.24, 2.45) is 5.92 Å². The first-order valence-electron chi connectivity index (χ1n) is 12.2. The molecule has 8 heteroatoms. The second kappa shape index (κ2) is 11.3. The quantitative estimate of drug-likeness (QED) is 0.198. The van der Waals surface area contributed by atoms with Gasteiger partial charge in [0.2, 0.25) is 5.91 Å². The monoisotopic (exact) mass is 531 g/mol. The Bertz CT molecular complexity index is 1430. The van der Waals surface area contributed by atoms with E-state index in [9.17, 15) is 18.5 Å². The highest BCUT2D eigenvalue weighted by Crippen LogP contribution is 2.46. The Morgan fingerprint density at radius 1 is 0.895 bits per heavy atom. The van der Waals surface area contributed by atoms with Gasteiger partial charge in [0.25, 0.3) is 0 Å². The Balaban J connectivity index is 1.38. The number of hydrogen-bond acceptors (Lipinski definition) is 4. The highest BCUT2D eigenvalue weighted by atomic mass is 32.2. The maximum absolute atomic E-state index is 13.3. The average Bonchev–Trinajstić information content (AvgIpc) is 2.92. The fourth-order valence-corrected chi connectivity index (χ4v) is 5.23. The third-order valence-corrected chi connectivity index (χ3v) is 7.18. The maximum atomic E-state index is 13.3. The molecule has 194 valence electrons. The summed E-state index contributed by atoms with van der Waals surface area (Å²) >= 11 is -2.41. The average molecular weight is 532 g/mol. The van der Waals surface area contributed by atoms with Crippen LogP contribution in [0.2, 0.25) is 0 Å². The number of aliphatic hydroxyl groups is 1. The summed E-state index contributed by atoms with van der Waals surface area (Å²) in [6.07, 6.45) is 0.0586. The van der Waals surface area contributed by atoms with E-state index in [-0.39, 0.29) is 29.4 Å². The molecule has 1 saturated heterocycles. The third-order valence-electron chi connectivity index (χ3n) is 6.84. The van der Waals surface area contributed by atoms with Crippen molar-refractivity contribution < 1.29 is 27.2 Å². The molecular formula is C30H26FNO5S. The SMILES string of the molecule is O=C1[C@H](CC[C@H](O)c2ccc(F)cc2)[C@@H](c2ccc(-c3cccc(OS(=O)O)c3)cc2)N1c1ccccc1. The number of amides is 1. The van der Waals surface area contributed by atoms with Gasteiger partial charge in [0.1, 0.15) is 11.6 Å². The Morgan fingerprint density at radius 2 is 1.61 bits per heavy atom. The van der Waals surface area contributed by atoms with Gasteiger partial charge in [0.15, 0.2) is 0 Å². The number of carbonyl (C=O) groups is 1. The molecule has 5 rings (SSSR count). The second-order valence-corrected chi connectivity index (χ2v) is 9.79. The van der Waals surface area contributed by atoms with Crippen molar-refractivity contribution in [1.29, 1.82) is 0 Å². The highest BCUT2D eigenvalue weighted by Gasteiger charge is 2.48. The van der Waals surface area contributed by atoms with Crippen molar-refractivity contribution in [3.05, 3.63) is 120 Å². The zero-order valence-electron chi connectivity index (χ0n) is 20.3. The fourth-order valence-electron chi connectivity index (χ4n) is 4.96. The molecule has 2 N–H and O–H groups in total. The van der Waals surface area contributed by atoms with Gasteiger partial charge in [-0.25, -0.2) is 4.39 Å². The standard InChI is InChI=1S/C30H26FNO5S/c31-24-15-13-21(14-16-24)28(33)18-17-27-29(32(30(27)34)25-6-2-1-3-7-25)22-11-9-20(10-12-22)23-5-4-8-26(19-23)37-38(35)36/h1-16,19,27-29,33H,17-18H2,(H,35,36)/t27-,28+,29-/m1/s1. The van der Waals surface area contributed by atoms with Gasteiger partial charge >= 0.3 is 11.4 Å². The first kappa shape index (κ1) is 25.8. The van der Waals surface area contributed by atoms with Crippen LogP contribution in [0.1, 0.15) is 36.1 Å². The summed E-state index contributed by atoms with van der Waals surface area (Å²) in [4.78, 5) is 15.1. The summed E-state index contributed by atoms with van der Waals surface area (Å²) in [6.45, 7) is 0. The molecule has 4 aromatic rings. The molecule has 0 aromatic heterocycles. The predicted molar refractivity (Wildman–Crippen MR) is 144 cm³/mol. The molecule has 0 radical (unpaired) electrons. The molecule has 38 heavy (non-hydrogen) atoms. The van der Waals surface area contributed by atoms with E-state index < -0.39 is 17.5 Å². The van der Waals surface area contributed by atoms with E-state index in [1.54, 1.807) is 35.2 Å². The number of rotatable bonds is 9. The number of hydrogen-bond donors (Lipinski definition) is 2. The molecule has 1 heterocycles. The van der Waals surface area contributed by atoms with E-state index >= 15 is 0 Å². The summed E-state index contributed by atoms with van der Waals surface area (Å²) < 4.78 is 38.2. The van der Waals surface area contributed by atoms with E-state index in [0.717, 1.165) is 22.4 Å². The van der Waals surface area contributed by atoms with Gasteiger partial charge in [-0.2, -0.15) is 4.21 Å². The fraction of sp³-hybridized carbons (Fsp3) is 0.167. The highest BCUT2D eigenvalue weighted by molar-refractivity contribution is 7.74. The van der Waals surface area contributed by atoms with Gasteiger partial charge in [-0.05, 0) is 71.5 Å². The van der Waals surface area contributed by atoms with E-state index in [2.05, 4.69) is 0 Å². The van der Waals surface area contributed by atoms with Crippen molar-refractivity contribution in [3.8, 4) is 16.9 Å². The summed E-state index contributed by atoms with van der Waals surface area (Å²) in [6, 6.07) is 29.8. The van der Waals surface area contributed by atoms with Crippen LogP contribution in [0.15, 0.2) is 103 Å². The van der Waals surface area contributed by atoms with Crippen molar-refractivity contribution in [3.63, 3.8) is 0 Å². The van der Waals surface area contributed by atoms with E-state index in [1.807, 2.05) is 60.7 Å². The summed E-state index contributed by atoms with van der Waals surface area (Å²) in [5.74, 6) is -0.391. The first-order chi connectivity index (χ1) is 18.4. The summed E-state index contributed by atoms with van der Waals surface area (Å²) in [7, 11) is 0. The number of carbonyl (C=O) groups excluding carboxylic acids is 1. The molecule has 1 aliphatic rings. The molecule has 0 bridgehead atoms. The molecule has 0 aliphatic carbocycles. The van der Waals surface area contributed by atoms with Crippen LogP contribution in [0.4, 0.5) is 10.1 Å². The lowest BCUT2D eigenvalue weighted by Crippen LogP contribution is -2.55. The van der Waals surface area contributed by atoms with Crippen molar-refractivity contribution in [1.82, 2.24) is 0 Å². The van der Waals surface area contributed by atoms with Gasteiger partial charge in [0.05, 0.1) is 18.1 Å². The molecule has 1 amide bonds. The zero-order chi connectivity index (χ0) is 26.6. The molecule has 1 aliphatic heterocycles. The number of aliphatic hydroxyl groups excluding tert-OH is 1. The van der Waals surface area contributed by atoms with Crippen LogP contribution in [-0.2, 0) is 16.2 Å².